The highest BCUT2D eigenvalue weighted by molar-refractivity contribution is 5.96. The Bertz CT molecular complexity index is 1230. The molecule has 2 aliphatic rings. The van der Waals surface area contributed by atoms with E-state index in [4.69, 9.17) is 0 Å². The zero-order valence-corrected chi connectivity index (χ0v) is 19.3. The van der Waals surface area contributed by atoms with Crippen LogP contribution in [0.3, 0.4) is 0 Å². The molecule has 0 bridgehead atoms. The van der Waals surface area contributed by atoms with Crippen LogP contribution in [0.1, 0.15) is 38.7 Å². The van der Waals surface area contributed by atoms with Gasteiger partial charge in [0.05, 0.1) is 24.3 Å². The van der Waals surface area contributed by atoms with Crippen LogP contribution in [-0.2, 0) is 0 Å². The number of carbonyl (C=O) groups excluding carboxylic acids is 2. The maximum atomic E-state index is 13.4. The number of carbonyl (C=O) groups is 2. The first-order valence-corrected chi connectivity index (χ1v) is 11.5. The maximum absolute atomic E-state index is 13.4. The third kappa shape index (κ3) is 3.82. The number of benzene rings is 2. The zero-order chi connectivity index (χ0) is 23.8. The number of nitrogens with zero attached hydrogens (tertiary/aromatic N) is 3. The molecule has 0 saturated carbocycles. The van der Waals surface area contributed by atoms with Gasteiger partial charge in [0.2, 0.25) is 0 Å². The lowest BCUT2D eigenvalue weighted by Crippen LogP contribution is -2.42. The highest BCUT2D eigenvalue weighted by atomic mass is 16.3. The number of pyridine rings is 1. The first-order valence-electron chi connectivity index (χ1n) is 11.5. The fourth-order valence-corrected chi connectivity index (χ4v) is 5.22. The van der Waals surface area contributed by atoms with Gasteiger partial charge in [-0.25, -0.2) is 0 Å². The van der Waals surface area contributed by atoms with Gasteiger partial charge in [0, 0.05) is 50.2 Å². The fourth-order valence-electron chi connectivity index (χ4n) is 5.22. The van der Waals surface area contributed by atoms with E-state index in [2.05, 4.69) is 16.4 Å². The second-order valence-corrected chi connectivity index (χ2v) is 9.15. The van der Waals surface area contributed by atoms with Crippen LogP contribution in [0.25, 0.3) is 11.1 Å². The Kier molecular flexibility index (Phi) is 5.79. The second kappa shape index (κ2) is 8.91. The predicted octanol–water partition coefficient (Wildman–Crippen LogP) is 3.44. The van der Waals surface area contributed by atoms with E-state index in [0.717, 1.165) is 28.8 Å². The molecule has 1 fully saturated rings. The number of aliphatic hydroxyl groups excluding tert-OH is 1. The normalized spacial score (nSPS) is 20.8. The predicted molar refractivity (Wildman–Crippen MR) is 131 cm³/mol. The van der Waals surface area contributed by atoms with Gasteiger partial charge < -0.3 is 20.2 Å². The Balaban J connectivity index is 1.55. The molecular formula is C27H28N4O3. The van der Waals surface area contributed by atoms with Crippen LogP contribution in [0.15, 0.2) is 67.0 Å². The van der Waals surface area contributed by atoms with E-state index >= 15 is 0 Å². The summed E-state index contributed by atoms with van der Waals surface area (Å²) >= 11 is 0. The molecule has 7 nitrogen and oxygen atoms in total. The number of rotatable bonds is 4. The summed E-state index contributed by atoms with van der Waals surface area (Å²) in [5, 5.41) is 13.5. The summed E-state index contributed by atoms with van der Waals surface area (Å²) in [6, 6.07) is 17.0. The van der Waals surface area contributed by atoms with E-state index in [-0.39, 0.29) is 36.4 Å². The Morgan fingerprint density at radius 1 is 1.09 bits per heavy atom. The Morgan fingerprint density at radius 3 is 2.62 bits per heavy atom. The third-order valence-corrected chi connectivity index (χ3v) is 6.89. The van der Waals surface area contributed by atoms with Crippen molar-refractivity contribution in [1.82, 2.24) is 14.8 Å². The minimum atomic E-state index is -0.146. The summed E-state index contributed by atoms with van der Waals surface area (Å²) in [6.45, 7) is 0.629. The number of amides is 2. The molecule has 1 saturated heterocycles. The van der Waals surface area contributed by atoms with Gasteiger partial charge >= 0.3 is 0 Å². The molecule has 174 valence electrons. The maximum Gasteiger partial charge on any atom is 0.255 e. The quantitative estimate of drug-likeness (QED) is 0.628. The summed E-state index contributed by atoms with van der Waals surface area (Å²) in [4.78, 5) is 33.5. The molecule has 0 unspecified atom stereocenters. The lowest BCUT2D eigenvalue weighted by molar-refractivity contribution is 0.0700. The molecule has 3 heterocycles. The van der Waals surface area contributed by atoms with Crippen molar-refractivity contribution >= 4 is 17.5 Å². The summed E-state index contributed by atoms with van der Waals surface area (Å²) in [7, 11) is 3.48. The highest BCUT2D eigenvalue weighted by Crippen LogP contribution is 2.47. The molecule has 2 amide bonds. The standard InChI is InChI=1S/C27H28N4O3/c1-30(2)26(33)19-6-3-5-17(13-19)18-8-9-23-22(14-18)25-21(24(16-32)29-23)10-12-31(25)27(34)20-7-4-11-28-15-20/h3-9,11,13-15,21,24-25,29,32H,10,12,16H2,1-2H3/t21-,24-,25-/m0/s1. The van der Waals surface area contributed by atoms with Crippen molar-refractivity contribution in [2.24, 2.45) is 5.92 Å². The van der Waals surface area contributed by atoms with E-state index < -0.39 is 0 Å². The van der Waals surface area contributed by atoms with Crippen molar-refractivity contribution in [3.8, 4) is 11.1 Å². The topological polar surface area (TPSA) is 85.8 Å². The fraction of sp³-hybridized carbons (Fsp3) is 0.296. The van der Waals surface area contributed by atoms with Gasteiger partial charge in [0.1, 0.15) is 0 Å². The molecule has 34 heavy (non-hydrogen) atoms. The highest BCUT2D eigenvalue weighted by Gasteiger charge is 2.45. The average Bonchev–Trinajstić information content (AvgIpc) is 3.33. The first-order chi connectivity index (χ1) is 16.5. The number of nitrogens with one attached hydrogen (secondary N) is 1. The molecule has 3 atom stereocenters. The zero-order valence-electron chi connectivity index (χ0n) is 19.3. The molecule has 3 aromatic rings. The van der Waals surface area contributed by atoms with Crippen molar-refractivity contribution in [3.63, 3.8) is 0 Å². The number of hydrogen-bond donors (Lipinski definition) is 2. The molecule has 1 aromatic heterocycles. The number of aromatic nitrogens is 1. The van der Waals surface area contributed by atoms with E-state index in [1.807, 2.05) is 41.3 Å². The smallest absolute Gasteiger partial charge is 0.255 e. The lowest BCUT2D eigenvalue weighted by Gasteiger charge is -2.39. The monoisotopic (exact) mass is 456 g/mol. The van der Waals surface area contributed by atoms with Crippen LogP contribution < -0.4 is 5.32 Å². The summed E-state index contributed by atoms with van der Waals surface area (Å²) in [6.07, 6.45) is 4.07. The Hall–Kier alpha value is -3.71. The molecule has 2 aromatic carbocycles. The first kappa shape index (κ1) is 22.1. The third-order valence-electron chi connectivity index (χ3n) is 6.89. The van der Waals surface area contributed by atoms with Crippen LogP contribution in [0, 0.1) is 5.92 Å². The van der Waals surface area contributed by atoms with Crippen molar-refractivity contribution in [3.05, 3.63) is 83.7 Å². The second-order valence-electron chi connectivity index (χ2n) is 9.15. The molecule has 0 spiro atoms. The number of anilines is 1. The van der Waals surface area contributed by atoms with Gasteiger partial charge in [0.25, 0.3) is 11.8 Å². The summed E-state index contributed by atoms with van der Waals surface area (Å²) < 4.78 is 0. The van der Waals surface area contributed by atoms with Gasteiger partial charge in [-0.05, 0) is 59.5 Å². The molecule has 7 heteroatoms. The number of hydrogen-bond acceptors (Lipinski definition) is 5. The van der Waals surface area contributed by atoms with Crippen molar-refractivity contribution in [2.45, 2.75) is 18.5 Å². The summed E-state index contributed by atoms with van der Waals surface area (Å²) in [5.74, 6) is 0.0144. The van der Waals surface area contributed by atoms with Crippen LogP contribution in [0.2, 0.25) is 0 Å². The summed E-state index contributed by atoms with van der Waals surface area (Å²) in [5.41, 5.74) is 5.08. The van der Waals surface area contributed by atoms with Crippen LogP contribution >= 0.6 is 0 Å². The van der Waals surface area contributed by atoms with Gasteiger partial charge in [-0.15, -0.1) is 0 Å². The average molecular weight is 457 g/mol. The minimum absolute atomic E-state index is 0.00593. The molecule has 0 aliphatic carbocycles. The van der Waals surface area contributed by atoms with Crippen LogP contribution in [0.4, 0.5) is 5.69 Å². The van der Waals surface area contributed by atoms with Gasteiger partial charge in [-0.2, -0.15) is 0 Å². The molecule has 0 radical (unpaired) electrons. The van der Waals surface area contributed by atoms with Gasteiger partial charge in [-0.1, -0.05) is 18.2 Å². The molecule has 5 rings (SSSR count). The van der Waals surface area contributed by atoms with Crippen molar-refractivity contribution in [2.75, 3.05) is 32.6 Å². The van der Waals surface area contributed by atoms with E-state index in [9.17, 15) is 14.7 Å². The Morgan fingerprint density at radius 2 is 1.88 bits per heavy atom. The van der Waals surface area contributed by atoms with Crippen molar-refractivity contribution < 1.29 is 14.7 Å². The van der Waals surface area contributed by atoms with Crippen LogP contribution in [-0.4, -0.2) is 65.0 Å². The lowest BCUT2D eigenvalue weighted by atomic mass is 9.82. The number of likely N-dealkylation sites (tertiary alicyclic amines) is 1. The molecule has 2 aliphatic heterocycles. The Labute approximate surface area is 199 Å². The largest absolute Gasteiger partial charge is 0.394 e. The SMILES string of the molecule is CN(C)C(=O)c1cccc(-c2ccc3c(c2)[C@@H]2[C@@H](CCN2C(=O)c2cccnc2)[C@H](CO)N3)c1. The minimum Gasteiger partial charge on any atom is -0.394 e. The van der Waals surface area contributed by atoms with Gasteiger partial charge in [-0.3, -0.25) is 14.6 Å². The van der Waals surface area contributed by atoms with E-state index in [0.29, 0.717) is 17.7 Å². The molecule has 2 N–H and O–H groups in total. The number of fused-ring (bicyclic) bond motifs is 3. The van der Waals surface area contributed by atoms with Gasteiger partial charge in [0.15, 0.2) is 0 Å². The number of aliphatic hydroxyl groups is 1. The van der Waals surface area contributed by atoms with E-state index in [1.54, 1.807) is 43.5 Å². The van der Waals surface area contributed by atoms with Crippen LogP contribution in [0.5, 0.6) is 0 Å². The van der Waals surface area contributed by atoms with Crippen molar-refractivity contribution in [1.29, 1.82) is 0 Å². The van der Waals surface area contributed by atoms with E-state index in [1.165, 1.54) is 0 Å². The molecular weight excluding hydrogens is 428 g/mol.